The SMILES string of the molecule is CC(OC(=O)c1ccc2nc(N)n(C3=NCCS3)c2c1)C1CC1. The lowest BCUT2D eigenvalue weighted by Gasteiger charge is -2.12. The summed E-state index contributed by atoms with van der Waals surface area (Å²) >= 11 is 1.64. The summed E-state index contributed by atoms with van der Waals surface area (Å²) in [6, 6.07) is 5.34. The Hall–Kier alpha value is -2.02. The first-order chi connectivity index (χ1) is 11.1. The first-order valence-corrected chi connectivity index (χ1v) is 8.78. The van der Waals surface area contributed by atoms with Crippen LogP contribution in [0.5, 0.6) is 0 Å². The van der Waals surface area contributed by atoms with Crippen molar-refractivity contribution in [2.24, 2.45) is 10.9 Å². The summed E-state index contributed by atoms with van der Waals surface area (Å²) in [4.78, 5) is 21.2. The molecule has 0 spiro atoms. The molecule has 1 atom stereocenters. The molecule has 2 heterocycles. The fourth-order valence-corrected chi connectivity index (χ4v) is 3.65. The van der Waals surface area contributed by atoms with Gasteiger partial charge in [0.2, 0.25) is 5.95 Å². The highest BCUT2D eigenvalue weighted by Gasteiger charge is 2.31. The smallest absolute Gasteiger partial charge is 0.338 e. The zero-order valence-corrected chi connectivity index (χ0v) is 13.7. The van der Waals surface area contributed by atoms with Gasteiger partial charge >= 0.3 is 5.97 Å². The number of nitrogens with zero attached hydrogens (tertiary/aromatic N) is 3. The Morgan fingerprint density at radius 3 is 3.00 bits per heavy atom. The highest BCUT2D eigenvalue weighted by molar-refractivity contribution is 8.14. The standard InChI is InChI=1S/C16H18N4O2S/c1-9(10-2-3-10)22-14(21)11-4-5-12-13(8-11)20(15(17)19-12)16-18-6-7-23-16/h4-5,8-10H,2-3,6-7H2,1H3,(H2,17,19). The zero-order chi connectivity index (χ0) is 16.0. The van der Waals surface area contributed by atoms with E-state index in [1.165, 1.54) is 0 Å². The number of hydrogen-bond donors (Lipinski definition) is 1. The van der Waals surface area contributed by atoms with Gasteiger partial charge in [-0.25, -0.2) is 9.78 Å². The van der Waals surface area contributed by atoms with Gasteiger partial charge < -0.3 is 10.5 Å². The number of carbonyl (C=O) groups excluding carboxylic acids is 1. The van der Waals surface area contributed by atoms with Crippen LogP contribution >= 0.6 is 11.8 Å². The number of thioether (sulfide) groups is 1. The number of nitrogens with two attached hydrogens (primary N) is 1. The molecule has 7 heteroatoms. The molecular formula is C16H18N4O2S. The van der Waals surface area contributed by atoms with Gasteiger partial charge in [-0.2, -0.15) is 0 Å². The van der Waals surface area contributed by atoms with E-state index in [2.05, 4.69) is 9.98 Å². The summed E-state index contributed by atoms with van der Waals surface area (Å²) in [5, 5.41) is 0.835. The van der Waals surface area contributed by atoms with Crippen molar-refractivity contribution in [3.63, 3.8) is 0 Å². The normalized spacial score (nSPS) is 18.9. The molecule has 6 nitrogen and oxygen atoms in total. The minimum Gasteiger partial charge on any atom is -0.459 e. The van der Waals surface area contributed by atoms with E-state index in [-0.39, 0.29) is 12.1 Å². The van der Waals surface area contributed by atoms with Crippen molar-refractivity contribution in [3.8, 4) is 0 Å². The predicted octanol–water partition coefficient (Wildman–Crippen LogP) is 2.52. The summed E-state index contributed by atoms with van der Waals surface area (Å²) in [5.41, 5.74) is 8.10. The number of benzene rings is 1. The Balaban J connectivity index is 1.68. The van der Waals surface area contributed by atoms with Crippen molar-refractivity contribution in [3.05, 3.63) is 23.8 Å². The minimum absolute atomic E-state index is 0.0251. The summed E-state index contributed by atoms with van der Waals surface area (Å²) in [7, 11) is 0. The molecule has 2 N–H and O–H groups in total. The van der Waals surface area contributed by atoms with Crippen molar-refractivity contribution < 1.29 is 9.53 Å². The molecule has 0 saturated heterocycles. The number of ether oxygens (including phenoxy) is 1. The largest absolute Gasteiger partial charge is 0.459 e. The number of aliphatic imine (C=N–C) groups is 1. The summed E-state index contributed by atoms with van der Waals surface area (Å²) < 4.78 is 7.36. The van der Waals surface area contributed by atoms with Crippen LogP contribution in [-0.4, -0.2) is 39.1 Å². The maximum atomic E-state index is 12.4. The molecule has 1 fully saturated rings. The second-order valence-corrected chi connectivity index (χ2v) is 7.03. The number of carbonyl (C=O) groups is 1. The molecule has 2 aromatic rings. The average molecular weight is 330 g/mol. The fraction of sp³-hybridized carbons (Fsp3) is 0.438. The number of hydrogen-bond acceptors (Lipinski definition) is 6. The molecule has 4 rings (SSSR count). The van der Waals surface area contributed by atoms with Gasteiger partial charge in [-0.15, -0.1) is 0 Å². The maximum Gasteiger partial charge on any atom is 0.338 e. The van der Waals surface area contributed by atoms with Gasteiger partial charge in [-0.3, -0.25) is 9.56 Å². The van der Waals surface area contributed by atoms with Crippen LogP contribution < -0.4 is 5.73 Å². The van der Waals surface area contributed by atoms with E-state index in [4.69, 9.17) is 10.5 Å². The predicted molar refractivity (Wildman–Crippen MR) is 91.9 cm³/mol. The van der Waals surface area contributed by atoms with Crippen molar-refractivity contribution in [2.75, 3.05) is 18.0 Å². The van der Waals surface area contributed by atoms with Gasteiger partial charge in [-0.05, 0) is 43.9 Å². The van der Waals surface area contributed by atoms with Gasteiger partial charge in [0.1, 0.15) is 6.10 Å². The van der Waals surface area contributed by atoms with E-state index >= 15 is 0 Å². The lowest BCUT2D eigenvalue weighted by Crippen LogP contribution is -2.17. The van der Waals surface area contributed by atoms with E-state index < -0.39 is 0 Å². The van der Waals surface area contributed by atoms with Gasteiger partial charge in [0.05, 0.1) is 23.1 Å². The number of aromatic nitrogens is 2. The van der Waals surface area contributed by atoms with E-state index in [9.17, 15) is 4.79 Å². The fourth-order valence-electron chi connectivity index (χ4n) is 2.78. The van der Waals surface area contributed by atoms with Crippen molar-refractivity contribution in [2.45, 2.75) is 25.9 Å². The van der Waals surface area contributed by atoms with Crippen molar-refractivity contribution in [1.82, 2.24) is 9.55 Å². The molecule has 1 aliphatic heterocycles. The minimum atomic E-state index is -0.293. The monoisotopic (exact) mass is 330 g/mol. The number of anilines is 1. The Morgan fingerprint density at radius 2 is 2.30 bits per heavy atom. The van der Waals surface area contributed by atoms with E-state index in [0.717, 1.165) is 41.3 Å². The topological polar surface area (TPSA) is 82.5 Å². The molecule has 0 amide bonds. The van der Waals surface area contributed by atoms with Crippen LogP contribution in [-0.2, 0) is 4.74 Å². The van der Waals surface area contributed by atoms with Gasteiger partial charge in [0.15, 0.2) is 5.17 Å². The molecule has 0 radical (unpaired) electrons. The second-order valence-electron chi connectivity index (χ2n) is 5.97. The number of fused-ring (bicyclic) bond motifs is 1. The van der Waals surface area contributed by atoms with Crippen LogP contribution in [0.3, 0.4) is 0 Å². The van der Waals surface area contributed by atoms with Crippen LogP contribution in [0.2, 0.25) is 0 Å². The first kappa shape index (κ1) is 14.6. The average Bonchev–Trinajstić information content (AvgIpc) is 3.15. The third-order valence-corrected chi connectivity index (χ3v) is 5.21. The summed E-state index contributed by atoms with van der Waals surface area (Å²) in [6.07, 6.45) is 2.27. The van der Waals surface area contributed by atoms with Gasteiger partial charge in [0, 0.05) is 5.75 Å². The Kier molecular flexibility index (Phi) is 3.52. The van der Waals surface area contributed by atoms with Crippen LogP contribution in [0.1, 0.15) is 30.1 Å². The highest BCUT2D eigenvalue weighted by atomic mass is 32.2. The van der Waals surface area contributed by atoms with Crippen molar-refractivity contribution in [1.29, 1.82) is 0 Å². The molecule has 1 saturated carbocycles. The third-order valence-electron chi connectivity index (χ3n) is 4.26. The summed E-state index contributed by atoms with van der Waals surface area (Å²) in [5.74, 6) is 1.56. The molecule has 1 unspecified atom stereocenters. The number of esters is 1. The lowest BCUT2D eigenvalue weighted by molar-refractivity contribution is 0.0295. The molecule has 1 aliphatic carbocycles. The van der Waals surface area contributed by atoms with Gasteiger partial charge in [0.25, 0.3) is 0 Å². The Bertz CT molecular complexity index is 810. The van der Waals surface area contributed by atoms with E-state index in [1.54, 1.807) is 30.0 Å². The number of imidazole rings is 1. The Labute approximate surface area is 138 Å². The van der Waals surface area contributed by atoms with Gasteiger partial charge in [-0.1, -0.05) is 11.8 Å². The van der Waals surface area contributed by atoms with Crippen LogP contribution in [0.4, 0.5) is 5.95 Å². The number of rotatable bonds is 3. The van der Waals surface area contributed by atoms with E-state index in [0.29, 0.717) is 17.4 Å². The van der Waals surface area contributed by atoms with Crippen LogP contribution in [0.25, 0.3) is 11.0 Å². The lowest BCUT2D eigenvalue weighted by atomic mass is 10.2. The second kappa shape index (κ2) is 5.56. The molecule has 0 bridgehead atoms. The van der Waals surface area contributed by atoms with Crippen molar-refractivity contribution >= 4 is 39.9 Å². The molecule has 120 valence electrons. The van der Waals surface area contributed by atoms with Crippen LogP contribution in [0, 0.1) is 5.92 Å². The molecule has 23 heavy (non-hydrogen) atoms. The van der Waals surface area contributed by atoms with E-state index in [1.807, 2.05) is 11.5 Å². The summed E-state index contributed by atoms with van der Waals surface area (Å²) in [6.45, 7) is 2.74. The van der Waals surface area contributed by atoms with Crippen LogP contribution in [0.15, 0.2) is 23.2 Å². The molecular weight excluding hydrogens is 312 g/mol. The Morgan fingerprint density at radius 1 is 1.48 bits per heavy atom. The maximum absolute atomic E-state index is 12.4. The first-order valence-electron chi connectivity index (χ1n) is 7.80. The highest BCUT2D eigenvalue weighted by Crippen LogP contribution is 2.34. The zero-order valence-electron chi connectivity index (χ0n) is 12.9. The number of nitrogen functional groups attached to an aromatic ring is 1. The quantitative estimate of drug-likeness (QED) is 0.875. The molecule has 1 aromatic carbocycles. The molecule has 2 aliphatic rings. The third kappa shape index (κ3) is 2.69. The molecule has 1 aromatic heterocycles.